The summed E-state index contributed by atoms with van der Waals surface area (Å²) in [5.74, 6) is 0.0185. The van der Waals surface area contributed by atoms with Crippen LogP contribution in [0.25, 0.3) is 5.69 Å². The standard InChI is InChI=1S/C15H20N4O/c1-12(2)16-10-8-15(20)18-13-4-6-14(7-5-13)19-11-3-9-17-19/h3-7,9,11-12,16H,8,10H2,1-2H3,(H,18,20). The topological polar surface area (TPSA) is 59.0 Å². The minimum Gasteiger partial charge on any atom is -0.326 e. The van der Waals surface area contributed by atoms with Gasteiger partial charge in [-0.05, 0) is 30.3 Å². The molecule has 5 heteroatoms. The first-order valence-corrected chi connectivity index (χ1v) is 6.78. The summed E-state index contributed by atoms with van der Waals surface area (Å²) in [4.78, 5) is 11.7. The van der Waals surface area contributed by atoms with Crippen molar-refractivity contribution in [2.24, 2.45) is 0 Å². The summed E-state index contributed by atoms with van der Waals surface area (Å²) in [7, 11) is 0. The lowest BCUT2D eigenvalue weighted by atomic mass is 10.2. The van der Waals surface area contributed by atoms with E-state index in [2.05, 4.69) is 29.6 Å². The van der Waals surface area contributed by atoms with E-state index in [1.165, 1.54) is 0 Å². The fourth-order valence-corrected chi connectivity index (χ4v) is 1.82. The van der Waals surface area contributed by atoms with Gasteiger partial charge in [0.2, 0.25) is 5.91 Å². The lowest BCUT2D eigenvalue weighted by Crippen LogP contribution is -2.27. The summed E-state index contributed by atoms with van der Waals surface area (Å²) in [5.41, 5.74) is 1.77. The predicted molar refractivity (Wildman–Crippen MR) is 79.9 cm³/mol. The molecule has 0 bridgehead atoms. The van der Waals surface area contributed by atoms with Gasteiger partial charge in [-0.3, -0.25) is 4.79 Å². The van der Waals surface area contributed by atoms with Crippen LogP contribution < -0.4 is 10.6 Å². The fourth-order valence-electron chi connectivity index (χ4n) is 1.82. The molecule has 0 aliphatic heterocycles. The van der Waals surface area contributed by atoms with E-state index < -0.39 is 0 Å². The zero-order valence-electron chi connectivity index (χ0n) is 11.8. The van der Waals surface area contributed by atoms with E-state index in [1.807, 2.05) is 36.5 Å². The van der Waals surface area contributed by atoms with Crippen molar-refractivity contribution in [3.8, 4) is 5.69 Å². The Hall–Kier alpha value is -2.14. The van der Waals surface area contributed by atoms with Gasteiger partial charge in [0.05, 0.1) is 5.69 Å². The number of nitrogens with one attached hydrogen (secondary N) is 2. The Balaban J connectivity index is 1.86. The Kier molecular flexibility index (Phi) is 4.90. The number of benzene rings is 1. The lowest BCUT2D eigenvalue weighted by Gasteiger charge is -2.09. The maximum Gasteiger partial charge on any atom is 0.225 e. The number of hydrogen-bond acceptors (Lipinski definition) is 3. The molecule has 106 valence electrons. The van der Waals surface area contributed by atoms with Crippen molar-refractivity contribution in [3.05, 3.63) is 42.7 Å². The van der Waals surface area contributed by atoms with Crippen LogP contribution in [-0.2, 0) is 4.79 Å². The first-order chi connectivity index (χ1) is 9.65. The third kappa shape index (κ3) is 4.20. The third-order valence-corrected chi connectivity index (χ3v) is 2.82. The average molecular weight is 272 g/mol. The summed E-state index contributed by atoms with van der Waals surface area (Å²) < 4.78 is 1.78. The Morgan fingerprint density at radius 3 is 2.65 bits per heavy atom. The summed E-state index contributed by atoms with van der Waals surface area (Å²) in [5, 5.41) is 10.3. The lowest BCUT2D eigenvalue weighted by molar-refractivity contribution is -0.116. The molecule has 2 rings (SSSR count). The normalized spacial score (nSPS) is 10.8. The van der Waals surface area contributed by atoms with Gasteiger partial charge in [-0.2, -0.15) is 5.10 Å². The van der Waals surface area contributed by atoms with Gasteiger partial charge in [0.15, 0.2) is 0 Å². The minimum atomic E-state index is 0.0185. The zero-order valence-corrected chi connectivity index (χ0v) is 11.8. The Bertz CT molecular complexity index is 532. The van der Waals surface area contributed by atoms with Gasteiger partial charge in [0.1, 0.15) is 0 Å². The molecule has 0 saturated heterocycles. The third-order valence-electron chi connectivity index (χ3n) is 2.82. The van der Waals surface area contributed by atoms with E-state index in [-0.39, 0.29) is 5.91 Å². The van der Waals surface area contributed by atoms with Gasteiger partial charge in [-0.25, -0.2) is 4.68 Å². The number of rotatable bonds is 6. The van der Waals surface area contributed by atoms with Crippen LogP contribution in [0.5, 0.6) is 0 Å². The van der Waals surface area contributed by atoms with Crippen molar-refractivity contribution >= 4 is 11.6 Å². The highest BCUT2D eigenvalue weighted by Gasteiger charge is 2.03. The number of carbonyl (C=O) groups excluding carboxylic acids is 1. The second kappa shape index (κ2) is 6.86. The van der Waals surface area contributed by atoms with E-state index in [0.29, 0.717) is 19.0 Å². The number of anilines is 1. The smallest absolute Gasteiger partial charge is 0.225 e. The summed E-state index contributed by atoms with van der Waals surface area (Å²) in [6.45, 7) is 4.81. The molecule has 2 aromatic rings. The Morgan fingerprint density at radius 1 is 1.30 bits per heavy atom. The predicted octanol–water partition coefficient (Wildman–Crippen LogP) is 2.20. The van der Waals surface area contributed by atoms with Crippen LogP contribution in [0.2, 0.25) is 0 Å². The van der Waals surface area contributed by atoms with Crippen LogP contribution in [0.15, 0.2) is 42.7 Å². The van der Waals surface area contributed by atoms with Crippen molar-refractivity contribution in [1.29, 1.82) is 0 Å². The van der Waals surface area contributed by atoms with Gasteiger partial charge >= 0.3 is 0 Å². The molecule has 0 spiro atoms. The molecule has 5 nitrogen and oxygen atoms in total. The first-order valence-electron chi connectivity index (χ1n) is 6.78. The highest BCUT2D eigenvalue weighted by atomic mass is 16.1. The van der Waals surface area contributed by atoms with Gasteiger partial charge in [0, 0.05) is 37.1 Å². The molecule has 0 fully saturated rings. The molecule has 0 saturated carbocycles. The van der Waals surface area contributed by atoms with Gasteiger partial charge in [0.25, 0.3) is 0 Å². The quantitative estimate of drug-likeness (QED) is 0.847. The van der Waals surface area contributed by atoms with Crippen molar-refractivity contribution in [2.45, 2.75) is 26.3 Å². The highest BCUT2D eigenvalue weighted by Crippen LogP contribution is 2.12. The monoisotopic (exact) mass is 272 g/mol. The number of carbonyl (C=O) groups is 1. The maximum absolute atomic E-state index is 11.7. The van der Waals surface area contributed by atoms with Crippen LogP contribution in [0, 0.1) is 0 Å². The highest BCUT2D eigenvalue weighted by molar-refractivity contribution is 5.90. The summed E-state index contributed by atoms with van der Waals surface area (Å²) in [6, 6.07) is 9.88. The van der Waals surface area contributed by atoms with Crippen LogP contribution in [0.1, 0.15) is 20.3 Å². The molecular formula is C15H20N4O. The van der Waals surface area contributed by atoms with Crippen molar-refractivity contribution in [2.75, 3.05) is 11.9 Å². The molecule has 1 amide bonds. The molecule has 1 aromatic carbocycles. The average Bonchev–Trinajstić information content (AvgIpc) is 2.93. The Morgan fingerprint density at radius 2 is 2.05 bits per heavy atom. The number of amides is 1. The summed E-state index contributed by atoms with van der Waals surface area (Å²) >= 11 is 0. The van der Waals surface area contributed by atoms with Crippen molar-refractivity contribution < 1.29 is 4.79 Å². The number of hydrogen-bond donors (Lipinski definition) is 2. The van der Waals surface area contributed by atoms with E-state index in [4.69, 9.17) is 0 Å². The van der Waals surface area contributed by atoms with Gasteiger partial charge in [-0.15, -0.1) is 0 Å². The first kappa shape index (κ1) is 14.3. The minimum absolute atomic E-state index is 0.0185. The second-order valence-electron chi connectivity index (χ2n) is 4.90. The molecule has 1 aromatic heterocycles. The van der Waals surface area contributed by atoms with E-state index >= 15 is 0 Å². The van der Waals surface area contributed by atoms with Crippen LogP contribution >= 0.6 is 0 Å². The van der Waals surface area contributed by atoms with Crippen LogP contribution in [0.3, 0.4) is 0 Å². The zero-order chi connectivity index (χ0) is 14.4. The molecule has 0 radical (unpaired) electrons. The SMILES string of the molecule is CC(C)NCCC(=O)Nc1ccc(-n2cccn2)cc1. The van der Waals surface area contributed by atoms with Crippen LogP contribution in [-0.4, -0.2) is 28.3 Å². The van der Waals surface area contributed by atoms with Gasteiger partial charge < -0.3 is 10.6 Å². The molecule has 0 aliphatic rings. The second-order valence-corrected chi connectivity index (χ2v) is 4.90. The Labute approximate surface area is 119 Å². The van der Waals surface area contributed by atoms with Crippen molar-refractivity contribution in [1.82, 2.24) is 15.1 Å². The van der Waals surface area contributed by atoms with E-state index in [1.54, 1.807) is 10.9 Å². The molecular weight excluding hydrogens is 252 g/mol. The molecule has 2 N–H and O–H groups in total. The maximum atomic E-state index is 11.7. The van der Waals surface area contributed by atoms with E-state index in [9.17, 15) is 4.79 Å². The summed E-state index contributed by atoms with van der Waals surface area (Å²) in [6.07, 6.45) is 4.08. The molecule has 20 heavy (non-hydrogen) atoms. The number of aromatic nitrogens is 2. The molecule has 0 unspecified atom stereocenters. The van der Waals surface area contributed by atoms with Crippen molar-refractivity contribution in [3.63, 3.8) is 0 Å². The van der Waals surface area contributed by atoms with E-state index in [0.717, 1.165) is 11.4 Å². The van der Waals surface area contributed by atoms with Crippen LogP contribution in [0.4, 0.5) is 5.69 Å². The molecule has 0 atom stereocenters. The van der Waals surface area contributed by atoms with Gasteiger partial charge in [-0.1, -0.05) is 13.8 Å². The fraction of sp³-hybridized carbons (Fsp3) is 0.333. The number of nitrogens with zero attached hydrogens (tertiary/aromatic N) is 2. The molecule has 1 heterocycles. The molecule has 0 aliphatic carbocycles. The largest absolute Gasteiger partial charge is 0.326 e.